The van der Waals surface area contributed by atoms with Crippen LogP contribution in [-0.4, -0.2) is 24.9 Å². The highest BCUT2D eigenvalue weighted by molar-refractivity contribution is 7.14. The molecule has 16 heavy (non-hydrogen) atoms. The smallest absolute Gasteiger partial charge is 0.348 e. The molecule has 0 radical (unpaired) electrons. The second kappa shape index (κ2) is 5.86. The zero-order valence-electron chi connectivity index (χ0n) is 9.00. The first-order valence-electron chi connectivity index (χ1n) is 4.58. The highest BCUT2D eigenvalue weighted by Crippen LogP contribution is 2.22. The maximum Gasteiger partial charge on any atom is 0.348 e. The van der Waals surface area contributed by atoms with Crippen molar-refractivity contribution >= 4 is 34.8 Å². The SMILES string of the molecule is COC(=O)c1cc(CNC(=O)CCl)c(C)s1. The van der Waals surface area contributed by atoms with Gasteiger partial charge in [0, 0.05) is 11.4 Å². The number of aryl methyl sites for hydroxylation is 1. The van der Waals surface area contributed by atoms with E-state index in [1.54, 1.807) is 6.07 Å². The van der Waals surface area contributed by atoms with Gasteiger partial charge in [-0.3, -0.25) is 4.79 Å². The molecule has 1 aromatic rings. The summed E-state index contributed by atoms with van der Waals surface area (Å²) in [5, 5.41) is 2.64. The number of nitrogens with one attached hydrogen (secondary N) is 1. The molecule has 1 N–H and O–H groups in total. The molecule has 6 heteroatoms. The average molecular weight is 262 g/mol. The number of hydrogen-bond acceptors (Lipinski definition) is 4. The van der Waals surface area contributed by atoms with Crippen molar-refractivity contribution in [3.05, 3.63) is 21.4 Å². The van der Waals surface area contributed by atoms with Gasteiger partial charge in [0.1, 0.15) is 10.8 Å². The van der Waals surface area contributed by atoms with Gasteiger partial charge < -0.3 is 10.1 Å². The fourth-order valence-corrected chi connectivity index (χ4v) is 2.19. The molecular formula is C10H12ClNO3S. The number of thiophene rings is 1. The van der Waals surface area contributed by atoms with E-state index >= 15 is 0 Å². The largest absolute Gasteiger partial charge is 0.465 e. The third-order valence-corrected chi connectivity index (χ3v) is 3.32. The Bertz CT molecular complexity index is 403. The number of esters is 1. The predicted molar refractivity (Wildman–Crippen MR) is 63.0 cm³/mol. The summed E-state index contributed by atoms with van der Waals surface area (Å²) in [6, 6.07) is 1.72. The average Bonchev–Trinajstić information content (AvgIpc) is 2.66. The molecule has 0 aliphatic heterocycles. The van der Waals surface area contributed by atoms with Crippen LogP contribution in [0.1, 0.15) is 20.1 Å². The zero-order valence-corrected chi connectivity index (χ0v) is 10.6. The van der Waals surface area contributed by atoms with Crippen molar-refractivity contribution in [2.24, 2.45) is 0 Å². The number of rotatable bonds is 4. The lowest BCUT2D eigenvalue weighted by Crippen LogP contribution is -2.23. The molecule has 0 saturated carbocycles. The molecule has 0 spiro atoms. The normalized spacial score (nSPS) is 9.94. The molecule has 1 aromatic heterocycles. The van der Waals surface area contributed by atoms with E-state index in [4.69, 9.17) is 11.6 Å². The molecule has 0 bridgehead atoms. The molecule has 0 unspecified atom stereocenters. The molecule has 0 atom stereocenters. The maximum atomic E-state index is 11.3. The van der Waals surface area contributed by atoms with Crippen LogP contribution in [0.2, 0.25) is 0 Å². The van der Waals surface area contributed by atoms with Gasteiger partial charge in [-0.1, -0.05) is 0 Å². The van der Waals surface area contributed by atoms with Gasteiger partial charge in [-0.25, -0.2) is 4.79 Å². The van der Waals surface area contributed by atoms with Gasteiger partial charge in [-0.2, -0.15) is 0 Å². The molecule has 88 valence electrons. The Hall–Kier alpha value is -1.07. The van der Waals surface area contributed by atoms with Crippen LogP contribution in [0.15, 0.2) is 6.07 Å². The Labute approximate surface area is 103 Å². The van der Waals surface area contributed by atoms with Crippen LogP contribution in [0.4, 0.5) is 0 Å². The Morgan fingerprint density at radius 3 is 2.81 bits per heavy atom. The van der Waals surface area contributed by atoms with Gasteiger partial charge in [-0.05, 0) is 18.6 Å². The second-order valence-corrected chi connectivity index (χ2v) is 4.62. The lowest BCUT2D eigenvalue weighted by Gasteiger charge is -2.01. The van der Waals surface area contributed by atoms with Crippen molar-refractivity contribution in [3.63, 3.8) is 0 Å². The summed E-state index contributed by atoms with van der Waals surface area (Å²) in [5.41, 5.74) is 0.906. The molecule has 0 aliphatic carbocycles. The Kier molecular flexibility index (Phi) is 4.76. The molecule has 0 aromatic carbocycles. The van der Waals surface area contributed by atoms with Crippen LogP contribution in [0.5, 0.6) is 0 Å². The minimum Gasteiger partial charge on any atom is -0.465 e. The van der Waals surface area contributed by atoms with E-state index in [9.17, 15) is 9.59 Å². The minimum atomic E-state index is -0.358. The van der Waals surface area contributed by atoms with Crippen LogP contribution in [-0.2, 0) is 16.1 Å². The van der Waals surface area contributed by atoms with Crippen LogP contribution in [0.3, 0.4) is 0 Å². The molecule has 0 aliphatic rings. The van der Waals surface area contributed by atoms with Gasteiger partial charge in [0.25, 0.3) is 0 Å². The van der Waals surface area contributed by atoms with E-state index in [1.165, 1.54) is 18.4 Å². The molecule has 1 heterocycles. The Morgan fingerprint density at radius 2 is 2.25 bits per heavy atom. The summed E-state index contributed by atoms with van der Waals surface area (Å²) in [7, 11) is 1.34. The number of methoxy groups -OCH3 is 1. The van der Waals surface area contributed by atoms with E-state index in [1.807, 2.05) is 6.92 Å². The number of hydrogen-bond donors (Lipinski definition) is 1. The number of amides is 1. The highest BCUT2D eigenvalue weighted by atomic mass is 35.5. The van der Waals surface area contributed by atoms with E-state index < -0.39 is 0 Å². The third-order valence-electron chi connectivity index (χ3n) is 2.00. The van der Waals surface area contributed by atoms with Crippen LogP contribution in [0.25, 0.3) is 0 Å². The lowest BCUT2D eigenvalue weighted by molar-refractivity contribution is -0.118. The molecule has 4 nitrogen and oxygen atoms in total. The second-order valence-electron chi connectivity index (χ2n) is 3.09. The predicted octanol–water partition coefficient (Wildman–Crippen LogP) is 1.70. The Balaban J connectivity index is 2.70. The van der Waals surface area contributed by atoms with E-state index in [0.717, 1.165) is 10.4 Å². The van der Waals surface area contributed by atoms with E-state index in [2.05, 4.69) is 10.1 Å². The molecule has 1 amide bonds. The number of ether oxygens (including phenoxy) is 1. The van der Waals surface area contributed by atoms with Crippen LogP contribution < -0.4 is 5.32 Å². The van der Waals surface area contributed by atoms with Gasteiger partial charge >= 0.3 is 5.97 Å². The van der Waals surface area contributed by atoms with E-state index in [-0.39, 0.29) is 17.8 Å². The highest BCUT2D eigenvalue weighted by Gasteiger charge is 2.12. The monoisotopic (exact) mass is 261 g/mol. The molecule has 0 fully saturated rings. The quantitative estimate of drug-likeness (QED) is 0.663. The fraction of sp³-hybridized carbons (Fsp3) is 0.400. The van der Waals surface area contributed by atoms with Crippen LogP contribution >= 0.6 is 22.9 Å². The summed E-state index contributed by atoms with van der Waals surface area (Å²) in [5.74, 6) is -0.651. The first kappa shape index (κ1) is 13.0. The van der Waals surface area contributed by atoms with Crippen LogP contribution in [0, 0.1) is 6.92 Å². The summed E-state index contributed by atoms with van der Waals surface area (Å²) in [4.78, 5) is 23.7. The van der Waals surface area contributed by atoms with Crippen molar-refractivity contribution in [3.8, 4) is 0 Å². The van der Waals surface area contributed by atoms with Gasteiger partial charge in [0.05, 0.1) is 7.11 Å². The van der Waals surface area contributed by atoms with Crippen molar-refractivity contribution < 1.29 is 14.3 Å². The zero-order chi connectivity index (χ0) is 12.1. The third kappa shape index (κ3) is 3.21. The molecule has 1 rings (SSSR count). The Morgan fingerprint density at radius 1 is 1.56 bits per heavy atom. The first-order valence-corrected chi connectivity index (χ1v) is 5.94. The minimum absolute atomic E-state index is 0.0625. The molecule has 0 saturated heterocycles. The van der Waals surface area contributed by atoms with Crippen molar-refractivity contribution in [2.45, 2.75) is 13.5 Å². The molecular weight excluding hydrogens is 250 g/mol. The number of carbonyl (C=O) groups excluding carboxylic acids is 2. The topological polar surface area (TPSA) is 55.4 Å². The van der Waals surface area contributed by atoms with Gasteiger partial charge in [-0.15, -0.1) is 22.9 Å². The first-order chi connectivity index (χ1) is 7.58. The standard InChI is InChI=1S/C10H12ClNO3S/c1-6-7(5-12-9(13)4-11)3-8(16-6)10(14)15-2/h3H,4-5H2,1-2H3,(H,12,13). The van der Waals surface area contributed by atoms with Crippen molar-refractivity contribution in [2.75, 3.05) is 13.0 Å². The summed E-state index contributed by atoms with van der Waals surface area (Å²) in [6.45, 7) is 2.27. The summed E-state index contributed by atoms with van der Waals surface area (Å²) in [6.07, 6.45) is 0. The summed E-state index contributed by atoms with van der Waals surface area (Å²) < 4.78 is 4.61. The van der Waals surface area contributed by atoms with Gasteiger partial charge in [0.2, 0.25) is 5.91 Å². The summed E-state index contributed by atoms with van der Waals surface area (Å²) >= 11 is 6.70. The fourth-order valence-electron chi connectivity index (χ4n) is 1.14. The van der Waals surface area contributed by atoms with Crippen molar-refractivity contribution in [1.29, 1.82) is 0 Å². The number of carbonyl (C=O) groups is 2. The number of alkyl halides is 1. The van der Waals surface area contributed by atoms with E-state index in [0.29, 0.717) is 11.4 Å². The maximum absolute atomic E-state index is 11.3. The lowest BCUT2D eigenvalue weighted by atomic mass is 10.2. The number of halogens is 1. The van der Waals surface area contributed by atoms with Gasteiger partial charge in [0.15, 0.2) is 0 Å². The van der Waals surface area contributed by atoms with Crippen molar-refractivity contribution in [1.82, 2.24) is 5.32 Å².